The number of aromatic amines is 1. The Balaban J connectivity index is 2.90. The van der Waals surface area contributed by atoms with Gasteiger partial charge in [0.2, 0.25) is 0 Å². The molecule has 0 radical (unpaired) electrons. The van der Waals surface area contributed by atoms with Crippen LogP contribution in [-0.4, -0.2) is 10.2 Å². The zero-order valence-electron chi connectivity index (χ0n) is 6.44. The zero-order chi connectivity index (χ0) is 8.48. The minimum absolute atomic E-state index is 0.187. The highest BCUT2D eigenvalue weighted by Crippen LogP contribution is 2.33. The SMILES string of the molecule is CC(C)C(F)(F)c1cc[nH]n1. The topological polar surface area (TPSA) is 28.7 Å². The summed E-state index contributed by atoms with van der Waals surface area (Å²) in [7, 11) is 0. The maximum atomic E-state index is 13.0. The van der Waals surface area contributed by atoms with Crippen LogP contribution in [0.4, 0.5) is 8.78 Å². The molecule has 1 heterocycles. The van der Waals surface area contributed by atoms with Gasteiger partial charge in [0.25, 0.3) is 5.92 Å². The monoisotopic (exact) mass is 160 g/mol. The van der Waals surface area contributed by atoms with E-state index >= 15 is 0 Å². The molecular weight excluding hydrogens is 150 g/mol. The average molecular weight is 160 g/mol. The lowest BCUT2D eigenvalue weighted by atomic mass is 10.0. The Hall–Kier alpha value is -0.930. The van der Waals surface area contributed by atoms with Gasteiger partial charge in [0.1, 0.15) is 5.69 Å². The third-order valence-corrected chi connectivity index (χ3v) is 1.57. The molecule has 1 aromatic heterocycles. The molecule has 0 aromatic carbocycles. The summed E-state index contributed by atoms with van der Waals surface area (Å²) in [6.45, 7) is 2.93. The summed E-state index contributed by atoms with van der Waals surface area (Å²) in [5.41, 5.74) is -0.187. The molecule has 11 heavy (non-hydrogen) atoms. The van der Waals surface area contributed by atoms with Crippen molar-refractivity contribution in [2.24, 2.45) is 5.92 Å². The molecule has 1 rings (SSSR count). The first-order valence-electron chi connectivity index (χ1n) is 3.43. The van der Waals surface area contributed by atoms with Crippen molar-refractivity contribution in [3.63, 3.8) is 0 Å². The molecule has 0 saturated heterocycles. The van der Waals surface area contributed by atoms with Gasteiger partial charge in [0.05, 0.1) is 0 Å². The van der Waals surface area contributed by atoms with Crippen molar-refractivity contribution >= 4 is 0 Å². The van der Waals surface area contributed by atoms with E-state index in [-0.39, 0.29) is 5.69 Å². The standard InChI is InChI=1S/C7H10F2N2/c1-5(2)7(8,9)6-3-4-10-11-6/h3-5H,1-2H3,(H,10,11). The molecule has 1 N–H and O–H groups in total. The van der Waals surface area contributed by atoms with E-state index in [2.05, 4.69) is 10.2 Å². The first-order valence-corrected chi connectivity index (χ1v) is 3.43. The van der Waals surface area contributed by atoms with E-state index < -0.39 is 11.8 Å². The molecule has 62 valence electrons. The molecule has 0 fully saturated rings. The molecule has 0 amide bonds. The van der Waals surface area contributed by atoms with Crippen LogP contribution in [0, 0.1) is 5.92 Å². The first kappa shape index (κ1) is 8.17. The Morgan fingerprint density at radius 2 is 2.18 bits per heavy atom. The molecule has 0 spiro atoms. The van der Waals surface area contributed by atoms with Gasteiger partial charge in [0, 0.05) is 12.1 Å². The third kappa shape index (κ3) is 1.39. The number of aromatic nitrogens is 2. The number of hydrogen-bond acceptors (Lipinski definition) is 1. The van der Waals surface area contributed by atoms with Crippen LogP contribution in [0.25, 0.3) is 0 Å². The summed E-state index contributed by atoms with van der Waals surface area (Å²) in [5.74, 6) is -3.54. The average Bonchev–Trinajstić information content (AvgIpc) is 2.37. The van der Waals surface area contributed by atoms with Crippen molar-refractivity contribution in [2.75, 3.05) is 0 Å². The largest absolute Gasteiger partial charge is 0.293 e. The molecule has 0 aliphatic rings. The summed E-state index contributed by atoms with van der Waals surface area (Å²) in [4.78, 5) is 0. The summed E-state index contributed by atoms with van der Waals surface area (Å²) in [5, 5.41) is 5.79. The van der Waals surface area contributed by atoms with Crippen LogP contribution in [0.1, 0.15) is 19.5 Å². The number of rotatable bonds is 2. The summed E-state index contributed by atoms with van der Waals surface area (Å²) in [6.07, 6.45) is 1.39. The van der Waals surface area contributed by atoms with Gasteiger partial charge in [-0.05, 0) is 6.07 Å². The van der Waals surface area contributed by atoms with Gasteiger partial charge in [-0.25, -0.2) is 0 Å². The highest BCUT2D eigenvalue weighted by atomic mass is 19.3. The zero-order valence-corrected chi connectivity index (χ0v) is 6.44. The number of nitrogens with zero attached hydrogens (tertiary/aromatic N) is 1. The van der Waals surface area contributed by atoms with Crippen LogP contribution >= 0.6 is 0 Å². The molecule has 0 bridgehead atoms. The van der Waals surface area contributed by atoms with Crippen molar-refractivity contribution in [3.05, 3.63) is 18.0 Å². The highest BCUT2D eigenvalue weighted by Gasteiger charge is 2.37. The van der Waals surface area contributed by atoms with Crippen LogP contribution < -0.4 is 0 Å². The summed E-state index contributed by atoms with van der Waals surface area (Å²) < 4.78 is 26.1. The summed E-state index contributed by atoms with van der Waals surface area (Å²) in [6, 6.07) is 1.29. The molecule has 0 atom stereocenters. The van der Waals surface area contributed by atoms with Gasteiger partial charge >= 0.3 is 0 Å². The van der Waals surface area contributed by atoms with Gasteiger partial charge in [-0.2, -0.15) is 13.9 Å². The lowest BCUT2D eigenvalue weighted by Gasteiger charge is -2.17. The lowest BCUT2D eigenvalue weighted by molar-refractivity contribution is -0.0554. The molecule has 0 aliphatic heterocycles. The lowest BCUT2D eigenvalue weighted by Crippen LogP contribution is -2.21. The number of alkyl halides is 2. The van der Waals surface area contributed by atoms with Crippen LogP contribution in [-0.2, 0) is 5.92 Å². The quantitative estimate of drug-likeness (QED) is 0.705. The molecule has 0 unspecified atom stereocenters. The Labute approximate surface area is 63.6 Å². The van der Waals surface area contributed by atoms with Crippen molar-refractivity contribution in [1.29, 1.82) is 0 Å². The van der Waals surface area contributed by atoms with E-state index in [1.165, 1.54) is 26.1 Å². The predicted molar refractivity (Wildman–Crippen MR) is 37.3 cm³/mol. The van der Waals surface area contributed by atoms with E-state index in [4.69, 9.17) is 0 Å². The maximum Gasteiger partial charge on any atom is 0.293 e. The number of H-pyrrole nitrogens is 1. The minimum Gasteiger partial charge on any atom is -0.285 e. The molecule has 4 heteroatoms. The second kappa shape index (κ2) is 2.60. The van der Waals surface area contributed by atoms with Crippen molar-refractivity contribution < 1.29 is 8.78 Å². The Kier molecular flexibility index (Phi) is 1.93. The maximum absolute atomic E-state index is 13.0. The second-order valence-electron chi connectivity index (χ2n) is 2.74. The molecule has 0 aliphatic carbocycles. The van der Waals surface area contributed by atoms with E-state index in [0.717, 1.165) is 0 Å². The third-order valence-electron chi connectivity index (χ3n) is 1.57. The van der Waals surface area contributed by atoms with E-state index in [1.807, 2.05) is 0 Å². The highest BCUT2D eigenvalue weighted by molar-refractivity contribution is 5.06. The van der Waals surface area contributed by atoms with Gasteiger partial charge in [-0.15, -0.1) is 0 Å². The Bertz CT molecular complexity index is 216. The molecular formula is C7H10F2N2. The number of nitrogens with one attached hydrogen (secondary N) is 1. The second-order valence-corrected chi connectivity index (χ2v) is 2.74. The molecule has 2 nitrogen and oxygen atoms in total. The van der Waals surface area contributed by atoms with Crippen LogP contribution in [0.2, 0.25) is 0 Å². The van der Waals surface area contributed by atoms with Gasteiger partial charge in [-0.3, -0.25) is 5.10 Å². The van der Waals surface area contributed by atoms with Crippen LogP contribution in [0.15, 0.2) is 12.3 Å². The van der Waals surface area contributed by atoms with Crippen LogP contribution in [0.3, 0.4) is 0 Å². The molecule has 1 aromatic rings. The van der Waals surface area contributed by atoms with Gasteiger partial charge in [-0.1, -0.05) is 13.8 Å². The number of halogens is 2. The van der Waals surface area contributed by atoms with Gasteiger partial charge in [0.15, 0.2) is 0 Å². The van der Waals surface area contributed by atoms with Crippen molar-refractivity contribution in [1.82, 2.24) is 10.2 Å². The van der Waals surface area contributed by atoms with Crippen LogP contribution in [0.5, 0.6) is 0 Å². The van der Waals surface area contributed by atoms with E-state index in [0.29, 0.717) is 0 Å². The predicted octanol–water partition coefficient (Wildman–Crippen LogP) is 2.16. The minimum atomic E-state index is -2.82. The molecule has 0 saturated carbocycles. The Morgan fingerprint density at radius 3 is 2.55 bits per heavy atom. The first-order chi connectivity index (χ1) is 5.05. The van der Waals surface area contributed by atoms with Gasteiger partial charge < -0.3 is 0 Å². The van der Waals surface area contributed by atoms with E-state index in [9.17, 15) is 8.78 Å². The normalized spacial score (nSPS) is 12.5. The fraction of sp³-hybridized carbons (Fsp3) is 0.571. The summed E-state index contributed by atoms with van der Waals surface area (Å²) >= 11 is 0. The fourth-order valence-corrected chi connectivity index (χ4v) is 0.742. The fourth-order valence-electron chi connectivity index (χ4n) is 0.742. The van der Waals surface area contributed by atoms with Crippen molar-refractivity contribution in [3.8, 4) is 0 Å². The van der Waals surface area contributed by atoms with E-state index in [1.54, 1.807) is 0 Å². The Morgan fingerprint density at radius 1 is 1.55 bits per heavy atom. The smallest absolute Gasteiger partial charge is 0.285 e. The number of hydrogen-bond donors (Lipinski definition) is 1. The van der Waals surface area contributed by atoms with Crippen molar-refractivity contribution in [2.45, 2.75) is 19.8 Å².